The van der Waals surface area contributed by atoms with Crippen LogP contribution in [0, 0.1) is 5.41 Å². The summed E-state index contributed by atoms with van der Waals surface area (Å²) in [5.41, 5.74) is 4.22. The minimum Gasteiger partial charge on any atom is -0.490 e. The molecule has 2 aliphatic heterocycles. The predicted molar refractivity (Wildman–Crippen MR) is 129 cm³/mol. The molecule has 0 spiro atoms. The number of pyridine rings is 1. The summed E-state index contributed by atoms with van der Waals surface area (Å²) in [5, 5.41) is 7.08. The lowest BCUT2D eigenvalue weighted by Crippen LogP contribution is -2.46. The van der Waals surface area contributed by atoms with Crippen molar-refractivity contribution in [2.45, 2.75) is 19.8 Å². The van der Waals surface area contributed by atoms with E-state index >= 15 is 0 Å². The lowest BCUT2D eigenvalue weighted by molar-refractivity contribution is -0.133. The van der Waals surface area contributed by atoms with E-state index in [0.717, 1.165) is 23.4 Å². The molecule has 0 saturated carbocycles. The van der Waals surface area contributed by atoms with Crippen LogP contribution in [0.5, 0.6) is 5.75 Å². The molecule has 7 nitrogen and oxygen atoms in total. The number of hydrogen-bond donors (Lipinski definition) is 3. The van der Waals surface area contributed by atoms with Crippen molar-refractivity contribution in [3.63, 3.8) is 0 Å². The first-order valence-electron chi connectivity index (χ1n) is 10.9. The molecule has 1 amide bonds. The number of carbonyl (C=O) groups excluding carboxylic acids is 1. The van der Waals surface area contributed by atoms with Gasteiger partial charge in [-0.1, -0.05) is 36.2 Å². The van der Waals surface area contributed by atoms with E-state index in [1.54, 1.807) is 24.5 Å². The SMILES string of the molecule is CCC1(COc2cnccc2-c2[nH]c3c(c2Nc2cccc(Cl)c2Cl)C(=O)NCC3)COC1. The van der Waals surface area contributed by atoms with E-state index < -0.39 is 0 Å². The van der Waals surface area contributed by atoms with Gasteiger partial charge in [-0.15, -0.1) is 0 Å². The Bertz CT molecular complexity index is 1200. The van der Waals surface area contributed by atoms with E-state index in [1.807, 2.05) is 12.1 Å². The normalized spacial score (nSPS) is 16.5. The number of aromatic nitrogens is 2. The van der Waals surface area contributed by atoms with Crippen LogP contribution in [0.4, 0.5) is 11.4 Å². The number of halogens is 2. The molecule has 0 aliphatic carbocycles. The number of aromatic amines is 1. The van der Waals surface area contributed by atoms with Crippen molar-refractivity contribution in [3.05, 3.63) is 58.0 Å². The highest BCUT2D eigenvalue weighted by molar-refractivity contribution is 6.43. The third kappa shape index (κ3) is 4.05. The summed E-state index contributed by atoms with van der Waals surface area (Å²) in [6.45, 7) is 4.63. The Hall–Kier alpha value is -2.74. The molecule has 0 atom stereocenters. The lowest BCUT2D eigenvalue weighted by Gasteiger charge is -2.40. The van der Waals surface area contributed by atoms with Crippen molar-refractivity contribution < 1.29 is 14.3 Å². The van der Waals surface area contributed by atoms with Crippen molar-refractivity contribution in [1.29, 1.82) is 0 Å². The summed E-state index contributed by atoms with van der Waals surface area (Å²) in [5.74, 6) is 0.490. The van der Waals surface area contributed by atoms with Crippen molar-refractivity contribution in [3.8, 4) is 17.0 Å². The Kier molecular flexibility index (Phi) is 5.95. The van der Waals surface area contributed by atoms with E-state index in [2.05, 4.69) is 27.5 Å². The predicted octanol–water partition coefficient (Wildman–Crippen LogP) is 5.22. The second kappa shape index (κ2) is 8.89. The van der Waals surface area contributed by atoms with Crippen LogP contribution in [-0.2, 0) is 11.2 Å². The first kappa shape index (κ1) is 22.1. The quantitative estimate of drug-likeness (QED) is 0.426. The molecule has 1 saturated heterocycles. The van der Waals surface area contributed by atoms with Gasteiger partial charge in [0.2, 0.25) is 0 Å². The zero-order chi connectivity index (χ0) is 23.0. The molecule has 1 fully saturated rings. The number of ether oxygens (including phenoxy) is 2. The third-order valence-electron chi connectivity index (χ3n) is 6.33. The number of carbonyl (C=O) groups is 1. The number of hydrogen-bond acceptors (Lipinski definition) is 5. The van der Waals surface area contributed by atoms with Gasteiger partial charge < -0.3 is 25.1 Å². The molecule has 2 aromatic heterocycles. The second-order valence-corrected chi connectivity index (χ2v) is 9.25. The summed E-state index contributed by atoms with van der Waals surface area (Å²) < 4.78 is 11.7. The number of nitrogens with one attached hydrogen (secondary N) is 3. The fraction of sp³-hybridized carbons (Fsp3) is 0.333. The van der Waals surface area contributed by atoms with Gasteiger partial charge in [-0.05, 0) is 24.6 Å². The van der Waals surface area contributed by atoms with Crippen LogP contribution in [0.15, 0.2) is 36.7 Å². The highest BCUT2D eigenvalue weighted by Gasteiger charge is 2.38. The second-order valence-electron chi connectivity index (χ2n) is 8.47. The Morgan fingerprint density at radius 1 is 1.27 bits per heavy atom. The molecule has 0 unspecified atom stereocenters. The summed E-state index contributed by atoms with van der Waals surface area (Å²) >= 11 is 12.7. The molecule has 5 rings (SSSR count). The van der Waals surface area contributed by atoms with Gasteiger partial charge in [0.1, 0.15) is 5.75 Å². The monoisotopic (exact) mass is 486 g/mol. The largest absolute Gasteiger partial charge is 0.490 e. The maximum absolute atomic E-state index is 12.8. The molecule has 172 valence electrons. The Morgan fingerprint density at radius 3 is 2.88 bits per heavy atom. The van der Waals surface area contributed by atoms with Crippen LogP contribution in [0.1, 0.15) is 29.4 Å². The molecule has 1 aromatic carbocycles. The first-order valence-corrected chi connectivity index (χ1v) is 11.7. The third-order valence-corrected chi connectivity index (χ3v) is 7.15. The van der Waals surface area contributed by atoms with Gasteiger partial charge in [0.15, 0.2) is 0 Å². The summed E-state index contributed by atoms with van der Waals surface area (Å²) in [6, 6.07) is 7.23. The van der Waals surface area contributed by atoms with E-state index in [1.165, 1.54) is 0 Å². The number of anilines is 2. The van der Waals surface area contributed by atoms with E-state index in [9.17, 15) is 4.79 Å². The van der Waals surface area contributed by atoms with Gasteiger partial charge in [0, 0.05) is 30.4 Å². The van der Waals surface area contributed by atoms with Crippen LogP contribution < -0.4 is 15.4 Å². The van der Waals surface area contributed by atoms with E-state index in [-0.39, 0.29) is 11.3 Å². The van der Waals surface area contributed by atoms with Gasteiger partial charge in [0.05, 0.1) is 64.1 Å². The summed E-state index contributed by atoms with van der Waals surface area (Å²) in [7, 11) is 0. The van der Waals surface area contributed by atoms with Gasteiger partial charge >= 0.3 is 0 Å². The first-order chi connectivity index (χ1) is 16.0. The maximum Gasteiger partial charge on any atom is 0.255 e. The molecule has 33 heavy (non-hydrogen) atoms. The number of fused-ring (bicyclic) bond motifs is 1. The van der Waals surface area contributed by atoms with Gasteiger partial charge in [-0.2, -0.15) is 0 Å². The van der Waals surface area contributed by atoms with Crippen LogP contribution >= 0.6 is 23.2 Å². The topological polar surface area (TPSA) is 88.3 Å². The highest BCUT2D eigenvalue weighted by Crippen LogP contribution is 2.42. The zero-order valence-corrected chi connectivity index (χ0v) is 19.6. The molecular formula is C24H24Cl2N4O3. The minimum absolute atomic E-state index is 0.0252. The Morgan fingerprint density at radius 2 is 2.12 bits per heavy atom. The van der Waals surface area contributed by atoms with Crippen LogP contribution in [0.25, 0.3) is 11.3 Å². The van der Waals surface area contributed by atoms with Crippen LogP contribution in [0.2, 0.25) is 10.0 Å². The number of benzene rings is 1. The molecule has 4 heterocycles. The molecule has 2 aliphatic rings. The van der Waals surface area contributed by atoms with Gasteiger partial charge in [-0.3, -0.25) is 9.78 Å². The van der Waals surface area contributed by atoms with E-state index in [4.69, 9.17) is 32.7 Å². The average Bonchev–Trinajstić information content (AvgIpc) is 3.16. The highest BCUT2D eigenvalue weighted by atomic mass is 35.5. The zero-order valence-electron chi connectivity index (χ0n) is 18.1. The van der Waals surface area contributed by atoms with Gasteiger partial charge in [0.25, 0.3) is 5.91 Å². The minimum atomic E-state index is -0.146. The fourth-order valence-corrected chi connectivity index (χ4v) is 4.50. The molecular weight excluding hydrogens is 463 g/mol. The Labute approximate surface area is 201 Å². The van der Waals surface area contributed by atoms with Crippen LogP contribution in [-0.4, -0.2) is 42.2 Å². The summed E-state index contributed by atoms with van der Waals surface area (Å²) in [4.78, 5) is 20.6. The smallest absolute Gasteiger partial charge is 0.255 e. The number of H-pyrrole nitrogens is 1. The Balaban J connectivity index is 1.58. The molecule has 0 bridgehead atoms. The standard InChI is InChI=1S/C24H24Cl2N4O3/c1-2-24(11-32-12-24)13-33-18-10-27-8-6-14(18)21-22(19-16(29-21)7-9-28-23(19)31)30-17-5-3-4-15(25)20(17)26/h3-6,8,10,29-30H,2,7,9,11-13H2,1H3,(H,28,31). The molecule has 3 N–H and O–H groups in total. The van der Waals surface area contributed by atoms with Crippen LogP contribution in [0.3, 0.4) is 0 Å². The summed E-state index contributed by atoms with van der Waals surface area (Å²) in [6.07, 6.45) is 5.07. The fourth-order valence-electron chi connectivity index (χ4n) is 4.15. The molecule has 0 radical (unpaired) electrons. The van der Waals surface area contributed by atoms with Crippen molar-refractivity contribution in [2.24, 2.45) is 5.41 Å². The average molecular weight is 487 g/mol. The van der Waals surface area contributed by atoms with E-state index in [0.29, 0.717) is 65.5 Å². The number of nitrogens with zero attached hydrogens (tertiary/aromatic N) is 1. The van der Waals surface area contributed by atoms with Crippen molar-refractivity contribution in [1.82, 2.24) is 15.3 Å². The lowest BCUT2D eigenvalue weighted by atomic mass is 9.84. The number of amides is 1. The number of rotatable bonds is 7. The maximum atomic E-state index is 12.8. The van der Waals surface area contributed by atoms with Crippen molar-refractivity contribution >= 4 is 40.5 Å². The molecule has 3 aromatic rings. The molecule has 9 heteroatoms. The van der Waals surface area contributed by atoms with Crippen molar-refractivity contribution in [2.75, 3.05) is 31.7 Å². The van der Waals surface area contributed by atoms with Gasteiger partial charge in [-0.25, -0.2) is 0 Å².